The molecule has 18 heavy (non-hydrogen) atoms. The highest BCUT2D eigenvalue weighted by atomic mass is 16.4. The van der Waals surface area contributed by atoms with Gasteiger partial charge in [0.2, 0.25) is 0 Å². The van der Waals surface area contributed by atoms with Crippen LogP contribution in [-0.4, -0.2) is 11.1 Å². The average molecular weight is 240 g/mol. The maximum atomic E-state index is 11.4. The zero-order chi connectivity index (χ0) is 13.0. The van der Waals surface area contributed by atoms with E-state index >= 15 is 0 Å². The summed E-state index contributed by atoms with van der Waals surface area (Å²) in [4.78, 5) is 11.4. The van der Waals surface area contributed by atoms with Crippen LogP contribution in [0, 0.1) is 6.92 Å². The van der Waals surface area contributed by atoms with Crippen LogP contribution in [0.1, 0.15) is 22.6 Å². The predicted octanol–water partition coefficient (Wildman–Crippen LogP) is 3.41. The molecule has 0 aliphatic rings. The lowest BCUT2D eigenvalue weighted by atomic mass is 9.92. The summed E-state index contributed by atoms with van der Waals surface area (Å²) < 4.78 is 0. The summed E-state index contributed by atoms with van der Waals surface area (Å²) in [6, 6.07) is 17.4. The van der Waals surface area contributed by atoms with Crippen molar-refractivity contribution < 1.29 is 9.90 Å². The first-order valence-electron chi connectivity index (χ1n) is 6.00. The van der Waals surface area contributed by atoms with E-state index in [0.29, 0.717) is 6.42 Å². The lowest BCUT2D eigenvalue weighted by Gasteiger charge is -2.12. The highest BCUT2D eigenvalue weighted by molar-refractivity contribution is 5.76. The Morgan fingerprint density at radius 2 is 1.67 bits per heavy atom. The van der Waals surface area contributed by atoms with Crippen molar-refractivity contribution >= 4 is 5.97 Å². The number of carbonyl (C=O) groups is 1. The van der Waals surface area contributed by atoms with E-state index in [-0.39, 0.29) is 0 Å². The molecule has 2 aromatic rings. The molecule has 2 nitrogen and oxygen atoms in total. The van der Waals surface area contributed by atoms with Crippen molar-refractivity contribution in [3.05, 3.63) is 71.3 Å². The van der Waals surface area contributed by atoms with E-state index in [1.807, 2.05) is 61.5 Å². The lowest BCUT2D eigenvalue weighted by molar-refractivity contribution is -0.138. The Balaban J connectivity index is 2.22. The Morgan fingerprint density at radius 3 is 2.22 bits per heavy atom. The Kier molecular flexibility index (Phi) is 3.78. The fourth-order valence-corrected chi connectivity index (χ4v) is 1.99. The van der Waals surface area contributed by atoms with Crippen LogP contribution in [0.5, 0.6) is 0 Å². The Bertz CT molecular complexity index is 515. The van der Waals surface area contributed by atoms with Crippen LogP contribution in [0.25, 0.3) is 0 Å². The van der Waals surface area contributed by atoms with E-state index in [2.05, 4.69) is 0 Å². The molecule has 0 spiro atoms. The number of aryl methyl sites for hydroxylation is 1. The van der Waals surface area contributed by atoms with E-state index < -0.39 is 11.9 Å². The maximum Gasteiger partial charge on any atom is 0.311 e. The number of rotatable bonds is 4. The molecule has 1 N–H and O–H groups in total. The first-order valence-corrected chi connectivity index (χ1v) is 6.00. The number of carboxylic acids is 1. The zero-order valence-electron chi connectivity index (χ0n) is 10.3. The molecular weight excluding hydrogens is 224 g/mol. The van der Waals surface area contributed by atoms with E-state index in [4.69, 9.17) is 0 Å². The van der Waals surface area contributed by atoms with Gasteiger partial charge in [0.25, 0.3) is 0 Å². The van der Waals surface area contributed by atoms with Gasteiger partial charge in [-0.15, -0.1) is 0 Å². The second kappa shape index (κ2) is 5.50. The molecule has 0 aliphatic heterocycles. The van der Waals surface area contributed by atoms with Gasteiger partial charge >= 0.3 is 5.97 Å². The first kappa shape index (κ1) is 12.4. The molecule has 0 amide bonds. The van der Waals surface area contributed by atoms with Crippen LogP contribution >= 0.6 is 0 Å². The highest BCUT2D eigenvalue weighted by Crippen LogP contribution is 2.21. The van der Waals surface area contributed by atoms with Gasteiger partial charge in [-0.1, -0.05) is 60.2 Å². The summed E-state index contributed by atoms with van der Waals surface area (Å²) in [6.07, 6.45) is 0.527. The molecule has 0 aromatic heterocycles. The summed E-state index contributed by atoms with van der Waals surface area (Å²) in [5, 5.41) is 9.34. The van der Waals surface area contributed by atoms with Crippen molar-refractivity contribution in [2.24, 2.45) is 0 Å². The molecule has 2 heteroatoms. The van der Waals surface area contributed by atoms with Crippen molar-refractivity contribution in [1.82, 2.24) is 0 Å². The second-order valence-electron chi connectivity index (χ2n) is 4.49. The van der Waals surface area contributed by atoms with Crippen molar-refractivity contribution in [3.63, 3.8) is 0 Å². The van der Waals surface area contributed by atoms with Crippen LogP contribution in [0.4, 0.5) is 0 Å². The number of carboxylic acid groups (broad SMARTS) is 1. The van der Waals surface area contributed by atoms with Crippen LogP contribution in [0.15, 0.2) is 54.6 Å². The zero-order valence-corrected chi connectivity index (χ0v) is 10.3. The quantitative estimate of drug-likeness (QED) is 0.889. The third-order valence-electron chi connectivity index (χ3n) is 3.06. The summed E-state index contributed by atoms with van der Waals surface area (Å²) in [5.74, 6) is -1.25. The molecule has 92 valence electrons. The standard InChI is InChI=1S/C16H16O2/c1-12-7-9-13(10-8-12)11-15(16(17)18)14-5-3-2-4-6-14/h2-10,15H,11H2,1H3,(H,17,18). The van der Waals surface area contributed by atoms with E-state index in [0.717, 1.165) is 11.1 Å². The van der Waals surface area contributed by atoms with Crippen LogP contribution < -0.4 is 0 Å². The van der Waals surface area contributed by atoms with Crippen molar-refractivity contribution in [3.8, 4) is 0 Å². The Morgan fingerprint density at radius 1 is 1.06 bits per heavy atom. The van der Waals surface area contributed by atoms with Crippen LogP contribution in [-0.2, 0) is 11.2 Å². The third-order valence-corrected chi connectivity index (χ3v) is 3.06. The molecule has 0 aliphatic carbocycles. The second-order valence-corrected chi connectivity index (χ2v) is 4.49. The van der Waals surface area contributed by atoms with Gasteiger partial charge < -0.3 is 5.11 Å². The number of hydrogen-bond donors (Lipinski definition) is 1. The largest absolute Gasteiger partial charge is 0.481 e. The van der Waals surface area contributed by atoms with Gasteiger partial charge in [-0.25, -0.2) is 0 Å². The fraction of sp³-hybridized carbons (Fsp3) is 0.188. The molecule has 2 rings (SSSR count). The first-order chi connectivity index (χ1) is 8.66. The minimum atomic E-state index is -0.776. The minimum absolute atomic E-state index is 0.478. The van der Waals surface area contributed by atoms with Gasteiger partial charge in [-0.2, -0.15) is 0 Å². The van der Waals surface area contributed by atoms with E-state index in [1.165, 1.54) is 5.56 Å². The maximum absolute atomic E-state index is 11.4. The number of hydrogen-bond acceptors (Lipinski definition) is 1. The molecule has 0 fully saturated rings. The summed E-state index contributed by atoms with van der Waals surface area (Å²) >= 11 is 0. The molecule has 1 unspecified atom stereocenters. The van der Waals surface area contributed by atoms with Crippen molar-refractivity contribution in [2.75, 3.05) is 0 Å². The topological polar surface area (TPSA) is 37.3 Å². The summed E-state index contributed by atoms with van der Waals surface area (Å²) in [6.45, 7) is 2.02. The predicted molar refractivity (Wildman–Crippen MR) is 71.7 cm³/mol. The number of benzene rings is 2. The van der Waals surface area contributed by atoms with Gasteiger partial charge in [0.15, 0.2) is 0 Å². The number of aliphatic carboxylic acids is 1. The average Bonchev–Trinajstić information content (AvgIpc) is 2.38. The third kappa shape index (κ3) is 2.98. The summed E-state index contributed by atoms with van der Waals surface area (Å²) in [7, 11) is 0. The van der Waals surface area contributed by atoms with Crippen LogP contribution in [0.2, 0.25) is 0 Å². The van der Waals surface area contributed by atoms with E-state index in [1.54, 1.807) is 0 Å². The summed E-state index contributed by atoms with van der Waals surface area (Å²) in [5.41, 5.74) is 3.09. The van der Waals surface area contributed by atoms with Gasteiger partial charge in [0.1, 0.15) is 0 Å². The van der Waals surface area contributed by atoms with Gasteiger partial charge in [-0.05, 0) is 24.5 Å². The lowest BCUT2D eigenvalue weighted by Crippen LogP contribution is -2.14. The fourth-order valence-electron chi connectivity index (χ4n) is 1.99. The smallest absolute Gasteiger partial charge is 0.311 e. The molecule has 0 saturated heterocycles. The normalized spacial score (nSPS) is 12.1. The molecule has 0 heterocycles. The highest BCUT2D eigenvalue weighted by Gasteiger charge is 2.19. The van der Waals surface area contributed by atoms with Crippen LogP contribution in [0.3, 0.4) is 0 Å². The minimum Gasteiger partial charge on any atom is -0.481 e. The van der Waals surface area contributed by atoms with Gasteiger partial charge in [0, 0.05) is 0 Å². The van der Waals surface area contributed by atoms with Gasteiger partial charge in [0.05, 0.1) is 5.92 Å². The van der Waals surface area contributed by atoms with E-state index in [9.17, 15) is 9.90 Å². The Hall–Kier alpha value is -2.09. The molecule has 2 aromatic carbocycles. The Labute approximate surface area is 107 Å². The van der Waals surface area contributed by atoms with Crippen molar-refractivity contribution in [1.29, 1.82) is 0 Å². The molecule has 1 atom stereocenters. The molecular formula is C16H16O2. The molecule has 0 bridgehead atoms. The SMILES string of the molecule is Cc1ccc(CC(C(=O)O)c2ccccc2)cc1. The monoisotopic (exact) mass is 240 g/mol. The van der Waals surface area contributed by atoms with Gasteiger partial charge in [-0.3, -0.25) is 4.79 Å². The molecule has 0 radical (unpaired) electrons. The molecule has 0 saturated carbocycles. The van der Waals surface area contributed by atoms with Crippen molar-refractivity contribution in [2.45, 2.75) is 19.3 Å².